The molecule has 18 heavy (non-hydrogen) atoms. The molecule has 0 aliphatic heterocycles. The Morgan fingerprint density at radius 2 is 1.78 bits per heavy atom. The summed E-state index contributed by atoms with van der Waals surface area (Å²) in [6, 6.07) is 4.78. The summed E-state index contributed by atoms with van der Waals surface area (Å²) in [6.07, 6.45) is -5.93. The molecule has 0 aliphatic carbocycles. The smallest absolute Gasteiger partial charge is 0.421 e. The van der Waals surface area contributed by atoms with Crippen LogP contribution < -0.4 is 4.74 Å². The molecule has 0 amide bonds. The summed E-state index contributed by atoms with van der Waals surface area (Å²) >= 11 is 0. The van der Waals surface area contributed by atoms with Gasteiger partial charge in [0.25, 0.3) is 0 Å². The van der Waals surface area contributed by atoms with Crippen molar-refractivity contribution in [2.24, 2.45) is 0 Å². The molecule has 1 aromatic carbocycles. The van der Waals surface area contributed by atoms with Crippen LogP contribution in [-0.4, -0.2) is 24.2 Å². The van der Waals surface area contributed by atoms with E-state index in [1.165, 1.54) is 19.2 Å². The lowest BCUT2D eigenvalue weighted by Crippen LogP contribution is -2.43. The molecule has 0 spiro atoms. The minimum atomic E-state index is -4.92. The van der Waals surface area contributed by atoms with Crippen LogP contribution in [0.15, 0.2) is 24.3 Å². The van der Waals surface area contributed by atoms with Gasteiger partial charge in [-0.05, 0) is 24.6 Å². The van der Waals surface area contributed by atoms with E-state index in [1.54, 1.807) is 0 Å². The first kappa shape index (κ1) is 14.5. The molecule has 0 fully saturated rings. The number of hydrogen-bond donors (Lipinski definition) is 1. The second kappa shape index (κ2) is 4.97. The van der Waals surface area contributed by atoms with E-state index in [9.17, 15) is 23.1 Å². The van der Waals surface area contributed by atoms with Crippen LogP contribution in [0, 0.1) is 0 Å². The summed E-state index contributed by atoms with van der Waals surface area (Å²) < 4.78 is 43.5. The average Bonchev–Trinajstić information content (AvgIpc) is 2.26. The van der Waals surface area contributed by atoms with Crippen LogP contribution in [0.4, 0.5) is 13.2 Å². The number of Topliss-reactive ketones (excluding diaryl/α,β-unsaturated/α-hetero) is 1. The highest BCUT2D eigenvalue weighted by molar-refractivity contribution is 5.77. The summed E-state index contributed by atoms with van der Waals surface area (Å²) in [6.45, 7) is 1.00. The SMILES string of the molecule is COc1ccc([C@@](O)(CC(C)=O)C(F)(F)F)cc1. The fourth-order valence-electron chi connectivity index (χ4n) is 1.59. The van der Waals surface area contributed by atoms with Crippen molar-refractivity contribution >= 4 is 5.78 Å². The number of carbonyl (C=O) groups excluding carboxylic acids is 1. The van der Waals surface area contributed by atoms with Crippen molar-refractivity contribution in [2.45, 2.75) is 25.1 Å². The van der Waals surface area contributed by atoms with Crippen LogP contribution in [-0.2, 0) is 10.4 Å². The standard InChI is InChI=1S/C12H13F3O3/c1-8(16)7-11(17,12(13,14)15)9-3-5-10(18-2)6-4-9/h3-6,17H,7H2,1-2H3/t11-/m0/s1. The zero-order valence-corrected chi connectivity index (χ0v) is 9.91. The second-order valence-corrected chi connectivity index (χ2v) is 3.97. The molecule has 1 atom stereocenters. The Morgan fingerprint density at radius 3 is 2.11 bits per heavy atom. The molecule has 1 aromatic rings. The van der Waals surface area contributed by atoms with Gasteiger partial charge in [0.05, 0.1) is 7.11 Å². The number of ketones is 1. The van der Waals surface area contributed by atoms with Crippen molar-refractivity contribution < 1.29 is 27.8 Å². The molecule has 0 saturated carbocycles. The fraction of sp³-hybridized carbons (Fsp3) is 0.417. The summed E-state index contributed by atoms with van der Waals surface area (Å²) in [7, 11) is 1.38. The van der Waals surface area contributed by atoms with E-state index in [-0.39, 0.29) is 5.56 Å². The number of benzene rings is 1. The Labute approximate surface area is 102 Å². The van der Waals surface area contributed by atoms with Crippen LogP contribution in [0.5, 0.6) is 5.75 Å². The van der Waals surface area contributed by atoms with Gasteiger partial charge in [-0.1, -0.05) is 12.1 Å². The van der Waals surface area contributed by atoms with E-state index < -0.39 is 24.0 Å². The zero-order chi connectivity index (χ0) is 14.0. The van der Waals surface area contributed by atoms with Gasteiger partial charge in [0.1, 0.15) is 11.5 Å². The van der Waals surface area contributed by atoms with Gasteiger partial charge in [0, 0.05) is 6.42 Å². The highest BCUT2D eigenvalue weighted by Gasteiger charge is 2.55. The molecule has 1 rings (SSSR count). The maximum absolute atomic E-state index is 12.9. The highest BCUT2D eigenvalue weighted by Crippen LogP contribution is 2.42. The number of alkyl halides is 3. The van der Waals surface area contributed by atoms with E-state index >= 15 is 0 Å². The molecule has 1 N–H and O–H groups in total. The predicted octanol–water partition coefficient (Wildman–Crippen LogP) is 2.42. The molecule has 0 heterocycles. The number of methoxy groups -OCH3 is 1. The van der Waals surface area contributed by atoms with E-state index in [0.29, 0.717) is 5.75 Å². The van der Waals surface area contributed by atoms with Gasteiger partial charge in [-0.15, -0.1) is 0 Å². The maximum atomic E-state index is 12.9. The number of ether oxygens (including phenoxy) is 1. The molecule has 3 nitrogen and oxygen atoms in total. The van der Waals surface area contributed by atoms with Gasteiger partial charge in [0.15, 0.2) is 5.60 Å². The Morgan fingerprint density at radius 1 is 1.28 bits per heavy atom. The van der Waals surface area contributed by atoms with Gasteiger partial charge in [-0.3, -0.25) is 4.79 Å². The summed E-state index contributed by atoms with van der Waals surface area (Å²) in [4.78, 5) is 10.9. The minimum absolute atomic E-state index is 0.367. The van der Waals surface area contributed by atoms with E-state index in [4.69, 9.17) is 4.74 Å². The zero-order valence-electron chi connectivity index (χ0n) is 9.91. The minimum Gasteiger partial charge on any atom is -0.497 e. The van der Waals surface area contributed by atoms with E-state index in [2.05, 4.69) is 0 Å². The largest absolute Gasteiger partial charge is 0.497 e. The Kier molecular flexibility index (Phi) is 4.01. The van der Waals surface area contributed by atoms with Crippen molar-refractivity contribution in [1.82, 2.24) is 0 Å². The van der Waals surface area contributed by atoms with Crippen molar-refractivity contribution in [3.63, 3.8) is 0 Å². The lowest BCUT2D eigenvalue weighted by Gasteiger charge is -2.30. The monoisotopic (exact) mass is 262 g/mol. The average molecular weight is 262 g/mol. The van der Waals surface area contributed by atoms with Crippen molar-refractivity contribution in [3.05, 3.63) is 29.8 Å². The number of halogens is 3. The van der Waals surface area contributed by atoms with Gasteiger partial charge in [-0.25, -0.2) is 0 Å². The van der Waals surface area contributed by atoms with E-state index in [1.807, 2.05) is 0 Å². The summed E-state index contributed by atoms with van der Waals surface area (Å²) in [5.74, 6) is -0.378. The Balaban J connectivity index is 3.21. The molecular weight excluding hydrogens is 249 g/mol. The molecule has 100 valence electrons. The van der Waals surface area contributed by atoms with Crippen LogP contribution in [0.1, 0.15) is 18.9 Å². The Hall–Kier alpha value is -1.56. The van der Waals surface area contributed by atoms with Gasteiger partial charge >= 0.3 is 6.18 Å². The first-order chi connectivity index (χ1) is 8.20. The van der Waals surface area contributed by atoms with Gasteiger partial charge < -0.3 is 9.84 Å². The topological polar surface area (TPSA) is 46.5 Å². The van der Waals surface area contributed by atoms with Crippen LogP contribution in [0.25, 0.3) is 0 Å². The third-order valence-electron chi connectivity index (χ3n) is 2.54. The fourth-order valence-corrected chi connectivity index (χ4v) is 1.59. The molecular formula is C12H13F3O3. The predicted molar refractivity (Wildman–Crippen MR) is 58.2 cm³/mol. The first-order valence-corrected chi connectivity index (χ1v) is 5.14. The normalized spacial score (nSPS) is 15.0. The summed E-state index contributed by atoms with van der Waals surface area (Å²) in [5.41, 5.74) is -3.54. The highest BCUT2D eigenvalue weighted by atomic mass is 19.4. The van der Waals surface area contributed by atoms with Crippen LogP contribution in [0.2, 0.25) is 0 Å². The lowest BCUT2D eigenvalue weighted by molar-refractivity contribution is -0.267. The molecule has 0 bridgehead atoms. The van der Waals surface area contributed by atoms with Gasteiger partial charge in [-0.2, -0.15) is 13.2 Å². The first-order valence-electron chi connectivity index (χ1n) is 5.14. The molecule has 0 aliphatic rings. The lowest BCUT2D eigenvalue weighted by atomic mass is 9.88. The maximum Gasteiger partial charge on any atom is 0.421 e. The molecule has 0 unspecified atom stereocenters. The van der Waals surface area contributed by atoms with Crippen molar-refractivity contribution in [3.8, 4) is 5.75 Å². The van der Waals surface area contributed by atoms with Crippen LogP contribution in [0.3, 0.4) is 0 Å². The third kappa shape index (κ3) is 2.81. The second-order valence-electron chi connectivity index (χ2n) is 3.97. The van der Waals surface area contributed by atoms with Crippen molar-refractivity contribution in [2.75, 3.05) is 7.11 Å². The Bertz CT molecular complexity index is 425. The molecule has 6 heteroatoms. The number of carbonyl (C=O) groups is 1. The number of hydrogen-bond acceptors (Lipinski definition) is 3. The molecule has 0 radical (unpaired) electrons. The van der Waals surface area contributed by atoms with Crippen molar-refractivity contribution in [1.29, 1.82) is 0 Å². The van der Waals surface area contributed by atoms with E-state index in [0.717, 1.165) is 19.1 Å². The van der Waals surface area contributed by atoms with Gasteiger partial charge in [0.2, 0.25) is 0 Å². The molecule has 0 saturated heterocycles. The number of aliphatic hydroxyl groups is 1. The van der Waals surface area contributed by atoms with Crippen LogP contribution >= 0.6 is 0 Å². The molecule has 0 aromatic heterocycles. The third-order valence-corrected chi connectivity index (χ3v) is 2.54. The summed E-state index contributed by atoms with van der Waals surface area (Å²) in [5, 5.41) is 9.77. The number of rotatable bonds is 4. The quantitative estimate of drug-likeness (QED) is 0.906.